The van der Waals surface area contributed by atoms with Crippen LogP contribution in [0.4, 0.5) is 0 Å². The minimum atomic E-state index is -0.544. The molecule has 5 nitrogen and oxygen atoms in total. The molecule has 2 N–H and O–H groups in total. The highest BCUT2D eigenvalue weighted by Crippen LogP contribution is 2.25. The van der Waals surface area contributed by atoms with Crippen molar-refractivity contribution in [1.29, 1.82) is 0 Å². The molecule has 0 saturated heterocycles. The van der Waals surface area contributed by atoms with Crippen molar-refractivity contribution in [3.8, 4) is 0 Å². The van der Waals surface area contributed by atoms with Gasteiger partial charge in [0.25, 0.3) is 5.91 Å². The Balaban J connectivity index is 2.63. The van der Waals surface area contributed by atoms with Crippen LogP contribution in [0.3, 0.4) is 0 Å². The lowest BCUT2D eigenvalue weighted by Gasteiger charge is -2.22. The molecular formula is C14H25N3O2S. The molecule has 0 spiro atoms. The fourth-order valence-corrected chi connectivity index (χ4v) is 2.69. The number of aliphatic hydroxyl groups excluding tert-OH is 1. The van der Waals surface area contributed by atoms with Crippen molar-refractivity contribution in [3.05, 3.63) is 10.6 Å². The van der Waals surface area contributed by atoms with Crippen LogP contribution in [0.15, 0.2) is 0 Å². The molecule has 114 valence electrons. The van der Waals surface area contributed by atoms with Gasteiger partial charge in [-0.1, -0.05) is 46.0 Å². The summed E-state index contributed by atoms with van der Waals surface area (Å²) in [5, 5.41) is 16.7. The third-order valence-electron chi connectivity index (χ3n) is 2.75. The Labute approximate surface area is 125 Å². The molecule has 1 aromatic rings. The SMILES string of the molecule is CC(C)(C)CC(O)CNC(=O)c1snnc1C(C)(C)C. The molecule has 0 bridgehead atoms. The number of carbonyl (C=O) groups is 1. The van der Waals surface area contributed by atoms with Crippen molar-refractivity contribution in [2.24, 2.45) is 5.41 Å². The van der Waals surface area contributed by atoms with Crippen LogP contribution in [-0.2, 0) is 5.41 Å². The lowest BCUT2D eigenvalue weighted by atomic mass is 9.89. The average Bonchev–Trinajstić information content (AvgIpc) is 2.71. The minimum absolute atomic E-state index is 0.0345. The van der Waals surface area contributed by atoms with Crippen molar-refractivity contribution in [2.75, 3.05) is 6.54 Å². The van der Waals surface area contributed by atoms with E-state index >= 15 is 0 Å². The second-order valence-electron chi connectivity index (χ2n) is 7.33. The predicted octanol–water partition coefficient (Wildman–Crippen LogP) is 2.36. The van der Waals surface area contributed by atoms with Gasteiger partial charge in [0.1, 0.15) is 4.88 Å². The van der Waals surface area contributed by atoms with Crippen LogP contribution in [0, 0.1) is 5.41 Å². The highest BCUT2D eigenvalue weighted by atomic mass is 32.1. The maximum absolute atomic E-state index is 12.2. The monoisotopic (exact) mass is 299 g/mol. The number of carbonyl (C=O) groups excluding carboxylic acids is 1. The van der Waals surface area contributed by atoms with Crippen molar-refractivity contribution in [3.63, 3.8) is 0 Å². The van der Waals surface area contributed by atoms with E-state index in [1.165, 1.54) is 0 Å². The fourth-order valence-electron chi connectivity index (χ4n) is 1.90. The molecule has 20 heavy (non-hydrogen) atoms. The molecule has 0 aliphatic heterocycles. The summed E-state index contributed by atoms with van der Waals surface area (Å²) < 4.78 is 3.86. The van der Waals surface area contributed by atoms with Crippen LogP contribution in [0.5, 0.6) is 0 Å². The van der Waals surface area contributed by atoms with E-state index in [-0.39, 0.29) is 23.3 Å². The zero-order valence-electron chi connectivity index (χ0n) is 13.1. The third kappa shape index (κ3) is 5.17. The van der Waals surface area contributed by atoms with Crippen molar-refractivity contribution >= 4 is 17.4 Å². The molecule has 1 atom stereocenters. The third-order valence-corrected chi connectivity index (χ3v) is 3.48. The van der Waals surface area contributed by atoms with Gasteiger partial charge >= 0.3 is 0 Å². The van der Waals surface area contributed by atoms with E-state index in [9.17, 15) is 9.90 Å². The van der Waals surface area contributed by atoms with E-state index in [0.717, 1.165) is 11.5 Å². The van der Waals surface area contributed by atoms with Gasteiger partial charge in [0, 0.05) is 12.0 Å². The molecule has 0 saturated carbocycles. The Kier molecular flexibility index (Phi) is 5.27. The quantitative estimate of drug-likeness (QED) is 0.895. The first-order chi connectivity index (χ1) is 9.00. The Morgan fingerprint density at radius 1 is 1.30 bits per heavy atom. The first kappa shape index (κ1) is 17.0. The lowest BCUT2D eigenvalue weighted by molar-refractivity contribution is 0.0870. The Hall–Kier alpha value is -1.01. The number of hydrogen-bond donors (Lipinski definition) is 2. The molecule has 1 amide bonds. The highest BCUT2D eigenvalue weighted by Gasteiger charge is 2.26. The molecule has 1 unspecified atom stereocenters. The molecular weight excluding hydrogens is 274 g/mol. The molecule has 1 aromatic heterocycles. The Morgan fingerprint density at radius 3 is 2.40 bits per heavy atom. The second kappa shape index (κ2) is 6.18. The maximum atomic E-state index is 12.2. The van der Waals surface area contributed by atoms with Crippen LogP contribution in [-0.4, -0.2) is 33.2 Å². The van der Waals surface area contributed by atoms with E-state index in [1.807, 2.05) is 20.8 Å². The van der Waals surface area contributed by atoms with Gasteiger partial charge in [-0.3, -0.25) is 4.79 Å². The average molecular weight is 299 g/mol. The van der Waals surface area contributed by atoms with Crippen LogP contribution < -0.4 is 5.32 Å². The zero-order chi connectivity index (χ0) is 15.6. The van der Waals surface area contributed by atoms with Crippen LogP contribution in [0.2, 0.25) is 0 Å². The number of aliphatic hydroxyl groups is 1. The van der Waals surface area contributed by atoms with E-state index < -0.39 is 6.10 Å². The summed E-state index contributed by atoms with van der Waals surface area (Å²) in [6.45, 7) is 12.4. The molecule has 1 heterocycles. The fraction of sp³-hybridized carbons (Fsp3) is 0.786. The highest BCUT2D eigenvalue weighted by molar-refractivity contribution is 7.08. The van der Waals surface area contributed by atoms with E-state index in [2.05, 4.69) is 35.7 Å². The first-order valence-electron chi connectivity index (χ1n) is 6.80. The molecule has 0 radical (unpaired) electrons. The van der Waals surface area contributed by atoms with Gasteiger partial charge in [0.15, 0.2) is 0 Å². The standard InChI is InChI=1S/C14H25N3O2S/c1-13(2,3)7-9(18)8-15-12(19)10-11(14(4,5)6)16-17-20-10/h9,18H,7-8H2,1-6H3,(H,15,19). The molecule has 0 aliphatic carbocycles. The number of aromatic nitrogens is 2. The smallest absolute Gasteiger partial charge is 0.265 e. The van der Waals surface area contributed by atoms with Crippen LogP contribution in [0.1, 0.15) is 63.3 Å². The zero-order valence-corrected chi connectivity index (χ0v) is 14.0. The normalized spacial score (nSPS) is 14.2. The minimum Gasteiger partial charge on any atom is -0.391 e. The van der Waals surface area contributed by atoms with Gasteiger partial charge in [-0.25, -0.2) is 0 Å². The summed E-state index contributed by atoms with van der Waals surface area (Å²) in [5.74, 6) is -0.210. The first-order valence-corrected chi connectivity index (χ1v) is 7.57. The Bertz CT molecular complexity index is 458. The number of amides is 1. The lowest BCUT2D eigenvalue weighted by Crippen LogP contribution is -2.34. The maximum Gasteiger partial charge on any atom is 0.265 e. The van der Waals surface area contributed by atoms with Gasteiger partial charge < -0.3 is 10.4 Å². The molecule has 1 rings (SSSR count). The topological polar surface area (TPSA) is 75.1 Å². The molecule has 0 fully saturated rings. The van der Waals surface area contributed by atoms with E-state index in [0.29, 0.717) is 17.0 Å². The number of nitrogens with one attached hydrogen (secondary N) is 1. The summed E-state index contributed by atoms with van der Waals surface area (Å²) in [5.41, 5.74) is 0.515. The summed E-state index contributed by atoms with van der Waals surface area (Å²) >= 11 is 1.09. The van der Waals surface area contributed by atoms with Gasteiger partial charge in [-0.15, -0.1) is 5.10 Å². The van der Waals surface area contributed by atoms with Gasteiger partial charge in [-0.05, 0) is 23.4 Å². The van der Waals surface area contributed by atoms with Crippen molar-refractivity contribution < 1.29 is 9.90 Å². The van der Waals surface area contributed by atoms with E-state index in [4.69, 9.17) is 0 Å². The van der Waals surface area contributed by atoms with Gasteiger partial charge in [-0.2, -0.15) is 0 Å². The largest absolute Gasteiger partial charge is 0.391 e. The summed E-state index contributed by atoms with van der Waals surface area (Å²) in [4.78, 5) is 12.7. The summed E-state index contributed by atoms with van der Waals surface area (Å²) in [7, 11) is 0. The van der Waals surface area contributed by atoms with Crippen LogP contribution >= 0.6 is 11.5 Å². The number of nitrogens with zero attached hydrogens (tertiary/aromatic N) is 2. The molecule has 0 aromatic carbocycles. The summed E-state index contributed by atoms with van der Waals surface area (Å²) in [6.07, 6.45) is 0.0956. The summed E-state index contributed by atoms with van der Waals surface area (Å²) in [6, 6.07) is 0. The Morgan fingerprint density at radius 2 is 1.90 bits per heavy atom. The van der Waals surface area contributed by atoms with Gasteiger partial charge in [0.2, 0.25) is 0 Å². The molecule has 6 heteroatoms. The van der Waals surface area contributed by atoms with Crippen LogP contribution in [0.25, 0.3) is 0 Å². The van der Waals surface area contributed by atoms with E-state index in [1.54, 1.807) is 0 Å². The number of hydrogen-bond acceptors (Lipinski definition) is 5. The van der Waals surface area contributed by atoms with Gasteiger partial charge in [0.05, 0.1) is 11.8 Å². The number of rotatable bonds is 4. The van der Waals surface area contributed by atoms with Crippen molar-refractivity contribution in [1.82, 2.24) is 14.9 Å². The molecule has 0 aliphatic rings. The second-order valence-corrected chi connectivity index (χ2v) is 8.08. The predicted molar refractivity (Wildman–Crippen MR) is 81.0 cm³/mol. The van der Waals surface area contributed by atoms with Crippen molar-refractivity contribution in [2.45, 2.75) is 59.5 Å².